The van der Waals surface area contributed by atoms with Crippen LogP contribution in [0, 0.1) is 5.82 Å². The molecule has 0 N–H and O–H groups in total. The van der Waals surface area contributed by atoms with Gasteiger partial charge in [0.15, 0.2) is 0 Å². The first-order valence-corrected chi connectivity index (χ1v) is 9.96. The number of amides is 1. The summed E-state index contributed by atoms with van der Waals surface area (Å²) in [4.78, 5) is 18.0. The van der Waals surface area contributed by atoms with Gasteiger partial charge in [-0.05, 0) is 61.5 Å². The maximum atomic E-state index is 13.2. The quantitative estimate of drug-likeness (QED) is 0.822. The molecule has 2 aliphatic heterocycles. The normalized spacial score (nSPS) is 24.8. The van der Waals surface area contributed by atoms with Crippen molar-refractivity contribution in [3.63, 3.8) is 0 Å². The number of halogens is 1. The molecule has 138 valence electrons. The second-order valence-electron chi connectivity index (χ2n) is 7.14. The molecule has 0 saturated carbocycles. The van der Waals surface area contributed by atoms with Gasteiger partial charge in [-0.1, -0.05) is 6.07 Å². The van der Waals surface area contributed by atoms with Crippen LogP contribution < -0.4 is 4.90 Å². The number of anilines is 1. The Morgan fingerprint density at radius 3 is 2.77 bits per heavy atom. The summed E-state index contributed by atoms with van der Waals surface area (Å²) < 4.78 is 19.3. The Morgan fingerprint density at radius 1 is 1.15 bits per heavy atom. The monoisotopic (exact) mass is 374 g/mol. The lowest BCUT2D eigenvalue weighted by atomic mass is 9.92. The number of rotatable bonds is 3. The van der Waals surface area contributed by atoms with Gasteiger partial charge < -0.3 is 9.64 Å². The molecule has 4 rings (SSSR count). The zero-order chi connectivity index (χ0) is 18.0. The van der Waals surface area contributed by atoms with E-state index in [4.69, 9.17) is 4.74 Å². The maximum Gasteiger partial charge on any atom is 0.253 e. The van der Waals surface area contributed by atoms with Gasteiger partial charge in [-0.3, -0.25) is 9.69 Å². The number of nitrogens with zero attached hydrogens (tertiary/aromatic N) is 2. The fourth-order valence-corrected chi connectivity index (χ4v) is 4.62. The van der Waals surface area contributed by atoms with Crippen LogP contribution in [0.4, 0.5) is 10.1 Å². The van der Waals surface area contributed by atoms with Gasteiger partial charge in [0.25, 0.3) is 5.91 Å². The largest absolute Gasteiger partial charge is 0.363 e. The molecular weight excluding hydrogens is 351 g/mol. The highest BCUT2D eigenvalue weighted by molar-refractivity contribution is 7.09. The maximum absolute atomic E-state index is 13.2. The molecule has 0 radical (unpaired) electrons. The number of carbonyl (C=O) groups is 1. The van der Waals surface area contributed by atoms with Gasteiger partial charge in [0.1, 0.15) is 12.4 Å². The highest BCUT2D eigenvalue weighted by Gasteiger charge is 2.41. The third-order valence-corrected chi connectivity index (χ3v) is 6.20. The SMILES string of the molecule is O=C1COC2(CCCN(Cc3cccs3)CC2)CN1c1ccc(F)cc1. The fraction of sp³-hybridized carbons (Fsp3) is 0.450. The van der Waals surface area contributed by atoms with E-state index in [0.29, 0.717) is 6.54 Å². The molecule has 2 aromatic rings. The molecular formula is C20H23FN2O2S. The Labute approximate surface area is 157 Å². The van der Waals surface area contributed by atoms with Gasteiger partial charge in [0, 0.05) is 23.7 Å². The topological polar surface area (TPSA) is 32.8 Å². The molecule has 1 aromatic heterocycles. The molecule has 2 aliphatic rings. The number of benzene rings is 1. The predicted molar refractivity (Wildman–Crippen MR) is 101 cm³/mol. The molecule has 1 unspecified atom stereocenters. The number of ether oxygens (including phenoxy) is 1. The molecule has 26 heavy (non-hydrogen) atoms. The van der Waals surface area contributed by atoms with Crippen LogP contribution in [-0.4, -0.2) is 42.6 Å². The second kappa shape index (κ2) is 7.47. The number of thiophene rings is 1. The average molecular weight is 374 g/mol. The summed E-state index contributed by atoms with van der Waals surface area (Å²) in [6.07, 6.45) is 2.90. The summed E-state index contributed by atoms with van der Waals surface area (Å²) in [7, 11) is 0. The van der Waals surface area contributed by atoms with Gasteiger partial charge in [-0.2, -0.15) is 0 Å². The van der Waals surface area contributed by atoms with E-state index < -0.39 is 0 Å². The van der Waals surface area contributed by atoms with Crippen LogP contribution >= 0.6 is 11.3 Å². The lowest BCUT2D eigenvalue weighted by Crippen LogP contribution is -2.55. The van der Waals surface area contributed by atoms with Crippen LogP contribution in [-0.2, 0) is 16.1 Å². The van der Waals surface area contributed by atoms with E-state index in [-0.39, 0.29) is 23.9 Å². The fourth-order valence-electron chi connectivity index (χ4n) is 3.88. The first-order chi connectivity index (χ1) is 12.6. The molecule has 3 heterocycles. The Hall–Kier alpha value is -1.76. The zero-order valence-corrected chi connectivity index (χ0v) is 15.5. The summed E-state index contributed by atoms with van der Waals surface area (Å²) in [5, 5.41) is 2.12. The smallest absolute Gasteiger partial charge is 0.253 e. The minimum Gasteiger partial charge on any atom is -0.363 e. The van der Waals surface area contributed by atoms with Crippen LogP contribution in [0.1, 0.15) is 24.1 Å². The van der Waals surface area contributed by atoms with Crippen molar-refractivity contribution in [1.82, 2.24) is 4.90 Å². The van der Waals surface area contributed by atoms with Gasteiger partial charge in [-0.25, -0.2) is 4.39 Å². The molecule has 0 bridgehead atoms. The predicted octanol–water partition coefficient (Wildman–Crippen LogP) is 3.68. The van der Waals surface area contributed by atoms with Crippen LogP contribution in [0.25, 0.3) is 0 Å². The van der Waals surface area contributed by atoms with Crippen molar-refractivity contribution in [2.75, 3.05) is 31.1 Å². The van der Waals surface area contributed by atoms with Crippen molar-refractivity contribution in [2.24, 2.45) is 0 Å². The van der Waals surface area contributed by atoms with E-state index in [2.05, 4.69) is 22.4 Å². The van der Waals surface area contributed by atoms with E-state index in [0.717, 1.165) is 44.6 Å². The third kappa shape index (κ3) is 3.82. The molecule has 2 saturated heterocycles. The number of carbonyl (C=O) groups excluding carboxylic acids is 1. The molecule has 1 atom stereocenters. The van der Waals surface area contributed by atoms with Gasteiger partial charge in [0.2, 0.25) is 0 Å². The molecule has 1 amide bonds. The molecule has 6 heteroatoms. The second-order valence-corrected chi connectivity index (χ2v) is 8.17. The first-order valence-electron chi connectivity index (χ1n) is 9.08. The van der Waals surface area contributed by atoms with E-state index >= 15 is 0 Å². The lowest BCUT2D eigenvalue weighted by molar-refractivity contribution is -0.140. The minimum atomic E-state index is -0.299. The zero-order valence-electron chi connectivity index (χ0n) is 14.7. The van der Waals surface area contributed by atoms with Crippen LogP contribution in [0.15, 0.2) is 41.8 Å². The van der Waals surface area contributed by atoms with Gasteiger partial charge in [0.05, 0.1) is 12.1 Å². The number of hydrogen-bond donors (Lipinski definition) is 0. The van der Waals surface area contributed by atoms with Crippen molar-refractivity contribution in [3.8, 4) is 0 Å². The highest BCUT2D eigenvalue weighted by Crippen LogP contribution is 2.33. The Morgan fingerprint density at radius 2 is 2.00 bits per heavy atom. The van der Waals surface area contributed by atoms with E-state index in [1.165, 1.54) is 17.0 Å². The summed E-state index contributed by atoms with van der Waals surface area (Å²) in [6, 6.07) is 10.4. The van der Waals surface area contributed by atoms with Crippen molar-refractivity contribution >= 4 is 22.9 Å². The highest BCUT2D eigenvalue weighted by atomic mass is 32.1. The Bertz CT molecular complexity index is 750. The van der Waals surface area contributed by atoms with Gasteiger partial charge >= 0.3 is 0 Å². The third-order valence-electron chi connectivity index (χ3n) is 5.34. The van der Waals surface area contributed by atoms with Crippen molar-refractivity contribution in [2.45, 2.75) is 31.4 Å². The molecule has 4 nitrogen and oxygen atoms in total. The standard InChI is InChI=1S/C20H23FN2O2S/c21-16-4-6-17(7-5-16)23-15-20(25-14-19(23)24)8-2-10-22(11-9-20)13-18-3-1-12-26-18/h1,3-7,12H,2,8-11,13-15H2. The summed E-state index contributed by atoms with van der Waals surface area (Å²) in [6.45, 7) is 3.64. The Balaban J connectivity index is 1.45. The average Bonchev–Trinajstić information content (AvgIpc) is 3.08. The van der Waals surface area contributed by atoms with Crippen molar-refractivity contribution < 1.29 is 13.9 Å². The molecule has 2 fully saturated rings. The summed E-state index contributed by atoms with van der Waals surface area (Å²) in [5.74, 6) is -0.343. The van der Waals surface area contributed by atoms with Crippen molar-refractivity contribution in [1.29, 1.82) is 0 Å². The molecule has 0 aliphatic carbocycles. The number of likely N-dealkylation sites (tertiary alicyclic amines) is 1. The van der Waals surface area contributed by atoms with Crippen LogP contribution in [0.2, 0.25) is 0 Å². The van der Waals surface area contributed by atoms with Crippen LogP contribution in [0.5, 0.6) is 0 Å². The lowest BCUT2D eigenvalue weighted by Gasteiger charge is -2.42. The summed E-state index contributed by atoms with van der Waals surface area (Å²) in [5.41, 5.74) is 0.450. The Kier molecular flexibility index (Phi) is 5.07. The van der Waals surface area contributed by atoms with E-state index in [1.54, 1.807) is 28.4 Å². The van der Waals surface area contributed by atoms with Crippen molar-refractivity contribution in [3.05, 3.63) is 52.5 Å². The molecule has 1 aromatic carbocycles. The van der Waals surface area contributed by atoms with Crippen LogP contribution in [0.3, 0.4) is 0 Å². The van der Waals surface area contributed by atoms with E-state index in [1.807, 2.05) is 0 Å². The number of hydrogen-bond acceptors (Lipinski definition) is 4. The first kappa shape index (κ1) is 17.6. The molecule has 1 spiro atoms. The number of morpholine rings is 1. The van der Waals surface area contributed by atoms with Gasteiger partial charge in [-0.15, -0.1) is 11.3 Å². The minimum absolute atomic E-state index is 0.0538. The summed E-state index contributed by atoms with van der Waals surface area (Å²) >= 11 is 1.79. The van der Waals surface area contributed by atoms with E-state index in [9.17, 15) is 9.18 Å².